The Hall–Kier alpha value is -1.69. The predicted molar refractivity (Wildman–Crippen MR) is 107 cm³/mol. The van der Waals surface area contributed by atoms with Crippen LogP contribution in [-0.4, -0.2) is 24.6 Å². The molecule has 0 heterocycles. The molecule has 0 bridgehead atoms. The summed E-state index contributed by atoms with van der Waals surface area (Å²) in [7, 11) is 0. The van der Waals surface area contributed by atoms with Gasteiger partial charge in [0.25, 0.3) is 0 Å². The van der Waals surface area contributed by atoms with Gasteiger partial charge < -0.3 is 13.7 Å². The van der Waals surface area contributed by atoms with Crippen molar-refractivity contribution in [3.05, 3.63) is 29.8 Å². The third-order valence-corrected chi connectivity index (χ3v) is 5.16. The molecule has 0 radical (unpaired) electrons. The SMILES string of the molecule is CCCCCCCOc1ccc(C(=O)OC2CCC(C(=O)OS)CC2)cc1. The Labute approximate surface area is 167 Å². The van der Waals surface area contributed by atoms with Crippen molar-refractivity contribution < 1.29 is 23.2 Å². The molecule has 0 amide bonds. The number of carbonyl (C=O) groups is 2. The molecule has 1 saturated carbocycles. The first kappa shape index (κ1) is 21.6. The van der Waals surface area contributed by atoms with Gasteiger partial charge in [-0.05, 0) is 56.4 Å². The fourth-order valence-corrected chi connectivity index (χ4v) is 3.44. The van der Waals surface area contributed by atoms with Crippen molar-refractivity contribution in [3.63, 3.8) is 0 Å². The third kappa shape index (κ3) is 7.45. The first-order valence-electron chi connectivity index (χ1n) is 9.93. The van der Waals surface area contributed by atoms with E-state index in [0.29, 0.717) is 37.9 Å². The molecule has 1 aliphatic rings. The van der Waals surface area contributed by atoms with E-state index in [4.69, 9.17) is 9.47 Å². The van der Waals surface area contributed by atoms with Crippen LogP contribution < -0.4 is 4.74 Å². The molecular formula is C21H30O5S. The lowest BCUT2D eigenvalue weighted by molar-refractivity contribution is -0.139. The standard InChI is InChI=1S/C21H30O5S/c1-2-3-4-5-6-15-24-18-11-7-16(8-12-18)20(22)25-19-13-9-17(10-14-19)21(23)26-27/h7-8,11-12,17,19,27H,2-6,9-10,13-15H2,1H3. The summed E-state index contributed by atoms with van der Waals surface area (Å²) in [5, 5.41) is 0. The molecule has 0 aliphatic heterocycles. The number of unbranched alkanes of at least 4 members (excludes halogenated alkanes) is 4. The van der Waals surface area contributed by atoms with Crippen molar-refractivity contribution >= 4 is 24.8 Å². The van der Waals surface area contributed by atoms with E-state index in [-0.39, 0.29) is 24.0 Å². The van der Waals surface area contributed by atoms with Crippen LogP contribution >= 0.6 is 12.9 Å². The van der Waals surface area contributed by atoms with Crippen LogP contribution in [-0.2, 0) is 13.7 Å². The van der Waals surface area contributed by atoms with Crippen LogP contribution in [0.15, 0.2) is 24.3 Å². The maximum atomic E-state index is 12.3. The van der Waals surface area contributed by atoms with Crippen LogP contribution in [0.2, 0.25) is 0 Å². The van der Waals surface area contributed by atoms with Crippen LogP contribution in [0.25, 0.3) is 0 Å². The van der Waals surface area contributed by atoms with Crippen LogP contribution in [0.3, 0.4) is 0 Å². The summed E-state index contributed by atoms with van der Waals surface area (Å²) in [6.07, 6.45) is 8.49. The van der Waals surface area contributed by atoms with Crippen molar-refractivity contribution in [3.8, 4) is 5.75 Å². The number of thiol groups is 1. The average molecular weight is 395 g/mol. The average Bonchev–Trinajstić information content (AvgIpc) is 2.71. The molecule has 1 aromatic rings. The molecule has 6 heteroatoms. The van der Waals surface area contributed by atoms with Crippen molar-refractivity contribution in [1.29, 1.82) is 0 Å². The lowest BCUT2D eigenvalue weighted by Crippen LogP contribution is -2.28. The summed E-state index contributed by atoms with van der Waals surface area (Å²) >= 11 is 3.55. The van der Waals surface area contributed by atoms with Gasteiger partial charge in [-0.1, -0.05) is 32.6 Å². The lowest BCUT2D eigenvalue weighted by Gasteiger charge is -2.26. The second-order valence-electron chi connectivity index (χ2n) is 7.08. The zero-order valence-corrected chi connectivity index (χ0v) is 16.9. The second-order valence-corrected chi connectivity index (χ2v) is 7.26. The van der Waals surface area contributed by atoms with E-state index in [1.54, 1.807) is 12.1 Å². The highest BCUT2D eigenvalue weighted by atomic mass is 32.1. The van der Waals surface area contributed by atoms with Crippen molar-refractivity contribution in [2.75, 3.05) is 6.61 Å². The zero-order valence-electron chi connectivity index (χ0n) is 16.0. The van der Waals surface area contributed by atoms with E-state index in [9.17, 15) is 9.59 Å². The van der Waals surface area contributed by atoms with Gasteiger partial charge >= 0.3 is 11.9 Å². The van der Waals surface area contributed by atoms with Crippen molar-refractivity contribution in [2.24, 2.45) is 5.92 Å². The van der Waals surface area contributed by atoms with Gasteiger partial charge in [-0.25, -0.2) is 4.79 Å². The number of hydrogen-bond donors (Lipinski definition) is 1. The van der Waals surface area contributed by atoms with E-state index in [2.05, 4.69) is 24.0 Å². The number of esters is 1. The molecule has 1 aromatic carbocycles. The largest absolute Gasteiger partial charge is 0.494 e. The molecular weight excluding hydrogens is 364 g/mol. The maximum absolute atomic E-state index is 12.3. The monoisotopic (exact) mass is 394 g/mol. The molecule has 0 aromatic heterocycles. The van der Waals surface area contributed by atoms with Gasteiger partial charge in [0, 0.05) is 12.9 Å². The molecule has 150 valence electrons. The quantitative estimate of drug-likeness (QED) is 0.258. The van der Waals surface area contributed by atoms with Gasteiger partial charge in [0.05, 0.1) is 18.1 Å². The highest BCUT2D eigenvalue weighted by Gasteiger charge is 2.29. The van der Waals surface area contributed by atoms with E-state index in [1.807, 2.05) is 12.1 Å². The molecule has 0 atom stereocenters. The van der Waals surface area contributed by atoms with Gasteiger partial charge in [-0.15, -0.1) is 0 Å². The van der Waals surface area contributed by atoms with Gasteiger partial charge in [0.2, 0.25) is 0 Å². The van der Waals surface area contributed by atoms with Crippen LogP contribution in [0, 0.1) is 5.92 Å². The van der Waals surface area contributed by atoms with E-state index < -0.39 is 0 Å². The molecule has 2 rings (SSSR count). The summed E-state index contributed by atoms with van der Waals surface area (Å²) in [5.74, 6) is -0.00549. The number of carbonyl (C=O) groups excluding carboxylic acids is 2. The normalized spacial score (nSPS) is 19.3. The number of benzene rings is 1. The predicted octanol–water partition coefficient (Wildman–Crippen LogP) is 5.14. The Bertz CT molecular complexity index is 579. The van der Waals surface area contributed by atoms with Crippen LogP contribution in [0.4, 0.5) is 0 Å². The molecule has 1 fully saturated rings. The smallest absolute Gasteiger partial charge is 0.338 e. The maximum Gasteiger partial charge on any atom is 0.338 e. The lowest BCUT2D eigenvalue weighted by atomic mass is 9.87. The first-order valence-corrected chi connectivity index (χ1v) is 10.3. The van der Waals surface area contributed by atoms with Gasteiger partial charge in [-0.3, -0.25) is 4.79 Å². The fraction of sp³-hybridized carbons (Fsp3) is 0.619. The Morgan fingerprint density at radius 2 is 1.67 bits per heavy atom. The van der Waals surface area contributed by atoms with E-state index in [0.717, 1.165) is 12.2 Å². The fourth-order valence-electron chi connectivity index (χ4n) is 3.29. The molecule has 5 nitrogen and oxygen atoms in total. The van der Waals surface area contributed by atoms with E-state index in [1.165, 1.54) is 25.7 Å². The second kappa shape index (κ2) is 11.9. The topological polar surface area (TPSA) is 61.8 Å². The zero-order chi connectivity index (χ0) is 19.5. The molecule has 0 unspecified atom stereocenters. The van der Waals surface area contributed by atoms with Crippen LogP contribution in [0.5, 0.6) is 5.75 Å². The minimum absolute atomic E-state index is 0.143. The Morgan fingerprint density at radius 1 is 1.00 bits per heavy atom. The summed E-state index contributed by atoms with van der Waals surface area (Å²) in [6, 6.07) is 7.09. The minimum atomic E-state index is -0.332. The Morgan fingerprint density at radius 3 is 2.30 bits per heavy atom. The summed E-state index contributed by atoms with van der Waals surface area (Å²) in [4.78, 5) is 23.8. The Balaban J connectivity index is 1.70. The van der Waals surface area contributed by atoms with Gasteiger partial charge in [0.15, 0.2) is 0 Å². The highest BCUT2D eigenvalue weighted by molar-refractivity contribution is 7.75. The third-order valence-electron chi connectivity index (χ3n) is 4.98. The molecule has 0 spiro atoms. The molecule has 1 aliphatic carbocycles. The van der Waals surface area contributed by atoms with Gasteiger partial charge in [-0.2, -0.15) is 0 Å². The number of ether oxygens (including phenoxy) is 2. The van der Waals surface area contributed by atoms with Crippen molar-refractivity contribution in [1.82, 2.24) is 0 Å². The number of rotatable bonds is 10. The van der Waals surface area contributed by atoms with E-state index >= 15 is 0 Å². The first-order chi connectivity index (χ1) is 13.1. The highest BCUT2D eigenvalue weighted by Crippen LogP contribution is 2.28. The molecule has 0 N–H and O–H groups in total. The minimum Gasteiger partial charge on any atom is -0.494 e. The molecule has 0 saturated heterocycles. The Kier molecular flexibility index (Phi) is 9.53. The summed E-state index contributed by atoms with van der Waals surface area (Å²) in [6.45, 7) is 2.90. The van der Waals surface area contributed by atoms with Crippen LogP contribution in [0.1, 0.15) is 75.1 Å². The summed E-state index contributed by atoms with van der Waals surface area (Å²) < 4.78 is 15.8. The number of hydrogen-bond acceptors (Lipinski definition) is 6. The van der Waals surface area contributed by atoms with Crippen molar-refractivity contribution in [2.45, 2.75) is 70.8 Å². The molecule has 27 heavy (non-hydrogen) atoms. The van der Waals surface area contributed by atoms with Gasteiger partial charge in [0.1, 0.15) is 11.9 Å². The summed E-state index contributed by atoms with van der Waals surface area (Å²) in [5.41, 5.74) is 0.516.